The van der Waals surface area contributed by atoms with Gasteiger partial charge in [0.25, 0.3) is 0 Å². The van der Waals surface area contributed by atoms with Crippen LogP contribution in [0.25, 0.3) is 0 Å². The van der Waals surface area contributed by atoms with Crippen molar-refractivity contribution < 1.29 is 43.2 Å². The van der Waals surface area contributed by atoms with Gasteiger partial charge in [-0.25, -0.2) is 14.4 Å². The van der Waals surface area contributed by atoms with E-state index in [1.807, 2.05) is 33.8 Å². The second-order valence-electron chi connectivity index (χ2n) is 12.1. The summed E-state index contributed by atoms with van der Waals surface area (Å²) in [5, 5.41) is 9.87. The molecule has 35 heavy (non-hydrogen) atoms. The highest BCUT2D eigenvalue weighted by molar-refractivity contribution is 5.96. The highest BCUT2D eigenvalue weighted by Gasteiger charge is 2.88. The zero-order valence-corrected chi connectivity index (χ0v) is 20.5. The highest BCUT2D eigenvalue weighted by atomic mass is 16.7. The zero-order chi connectivity index (χ0) is 25.3. The third-order valence-electron chi connectivity index (χ3n) is 10.2. The molecule has 0 aromatic rings. The van der Waals surface area contributed by atoms with Gasteiger partial charge in [0.05, 0.1) is 11.0 Å². The van der Waals surface area contributed by atoms with Crippen LogP contribution in [0.3, 0.4) is 0 Å². The standard InChI is InChI=1S/C26H30O9/c1-22(2)14-11-15(27)25(5)13(23(14,3)8-7-16(28)34-22)6-9-24(4)18(12-10-17(29)32-20(12)30)33-21(31)19-26(24,25)35-19/h7-8,10,13-14,17-19,29H,6,9,11H2,1-5H3. The fourth-order valence-corrected chi connectivity index (χ4v) is 8.67. The number of aliphatic hydroxyl groups excluding tert-OH is 1. The average Bonchev–Trinajstić information content (AvgIpc) is 3.47. The van der Waals surface area contributed by atoms with Gasteiger partial charge in [0.1, 0.15) is 23.1 Å². The van der Waals surface area contributed by atoms with Gasteiger partial charge in [-0.15, -0.1) is 0 Å². The molecule has 9 atom stereocenters. The second-order valence-corrected chi connectivity index (χ2v) is 12.1. The number of cyclic esters (lactones) is 3. The van der Waals surface area contributed by atoms with Crippen molar-refractivity contribution in [1.29, 1.82) is 0 Å². The average molecular weight is 487 g/mol. The van der Waals surface area contributed by atoms with E-state index in [-0.39, 0.29) is 29.6 Å². The number of ketones is 1. The van der Waals surface area contributed by atoms with Crippen molar-refractivity contribution in [2.24, 2.45) is 28.1 Å². The summed E-state index contributed by atoms with van der Waals surface area (Å²) in [4.78, 5) is 52.2. The molecule has 9 nitrogen and oxygen atoms in total. The Morgan fingerprint density at radius 2 is 1.69 bits per heavy atom. The lowest BCUT2D eigenvalue weighted by Crippen LogP contribution is -2.72. The van der Waals surface area contributed by atoms with E-state index in [4.69, 9.17) is 18.9 Å². The first-order chi connectivity index (χ1) is 16.2. The molecule has 9 heteroatoms. The van der Waals surface area contributed by atoms with Crippen molar-refractivity contribution in [3.8, 4) is 0 Å². The quantitative estimate of drug-likeness (QED) is 0.335. The molecule has 2 aliphatic carbocycles. The van der Waals surface area contributed by atoms with Crippen molar-refractivity contribution in [3.63, 3.8) is 0 Å². The molecule has 4 fully saturated rings. The first kappa shape index (κ1) is 22.9. The summed E-state index contributed by atoms with van der Waals surface area (Å²) in [6.07, 6.45) is 2.48. The number of esters is 3. The van der Waals surface area contributed by atoms with E-state index in [0.717, 1.165) is 0 Å². The van der Waals surface area contributed by atoms with E-state index in [1.165, 1.54) is 12.2 Å². The van der Waals surface area contributed by atoms with E-state index in [0.29, 0.717) is 12.8 Å². The molecule has 0 bridgehead atoms. The summed E-state index contributed by atoms with van der Waals surface area (Å²) < 4.78 is 22.6. The third kappa shape index (κ3) is 2.46. The summed E-state index contributed by atoms with van der Waals surface area (Å²) in [5.74, 6) is -2.36. The maximum absolute atomic E-state index is 14.2. The van der Waals surface area contributed by atoms with Crippen LogP contribution in [-0.2, 0) is 38.1 Å². The van der Waals surface area contributed by atoms with E-state index >= 15 is 0 Å². The molecule has 2 saturated carbocycles. The first-order valence-electron chi connectivity index (χ1n) is 12.2. The van der Waals surface area contributed by atoms with Crippen molar-refractivity contribution in [1.82, 2.24) is 0 Å². The fourth-order valence-electron chi connectivity index (χ4n) is 8.67. The number of fused-ring (bicyclic) bond motifs is 3. The van der Waals surface area contributed by atoms with Gasteiger partial charge in [0.2, 0.25) is 6.29 Å². The number of carbonyl (C=O) groups excluding carboxylic acids is 4. The van der Waals surface area contributed by atoms with Gasteiger partial charge in [-0.2, -0.15) is 0 Å². The Morgan fingerprint density at radius 3 is 2.34 bits per heavy atom. The SMILES string of the molecule is CC1(C)OC(=O)C=CC2(C)C1CC(=O)C1(C)C2CCC2(C)C(C3=CC(O)OC3=O)OC(=O)C3OC321. The Kier molecular flexibility index (Phi) is 4.20. The Bertz CT molecular complexity index is 1150. The number of aliphatic hydroxyl groups is 1. The normalized spacial score (nSPS) is 51.5. The van der Waals surface area contributed by atoms with Crippen molar-refractivity contribution in [2.45, 2.75) is 83.6 Å². The predicted octanol–water partition coefficient (Wildman–Crippen LogP) is 1.76. The van der Waals surface area contributed by atoms with Crippen LogP contribution in [0.15, 0.2) is 23.8 Å². The van der Waals surface area contributed by atoms with Gasteiger partial charge < -0.3 is 24.1 Å². The van der Waals surface area contributed by atoms with Gasteiger partial charge in [-0.3, -0.25) is 4.79 Å². The van der Waals surface area contributed by atoms with Crippen LogP contribution in [0.5, 0.6) is 0 Å². The van der Waals surface area contributed by atoms with Gasteiger partial charge in [0.15, 0.2) is 6.10 Å². The van der Waals surface area contributed by atoms with Crippen LogP contribution < -0.4 is 0 Å². The Hall–Kier alpha value is -2.52. The van der Waals surface area contributed by atoms with Crippen LogP contribution >= 0.6 is 0 Å². The largest absolute Gasteiger partial charge is 0.456 e. The summed E-state index contributed by atoms with van der Waals surface area (Å²) in [5.41, 5.74) is -4.53. The number of epoxide rings is 1. The molecular formula is C26H30O9. The molecule has 1 spiro atoms. The summed E-state index contributed by atoms with van der Waals surface area (Å²) in [6, 6.07) is 0. The number of hydrogen-bond donors (Lipinski definition) is 1. The third-order valence-corrected chi connectivity index (χ3v) is 10.2. The molecule has 2 saturated heterocycles. The Labute approximate surface area is 202 Å². The molecule has 6 rings (SSSR count). The predicted molar refractivity (Wildman–Crippen MR) is 117 cm³/mol. The lowest BCUT2D eigenvalue weighted by Gasteiger charge is -2.64. The summed E-state index contributed by atoms with van der Waals surface area (Å²) in [7, 11) is 0. The number of rotatable bonds is 1. The van der Waals surface area contributed by atoms with Crippen molar-refractivity contribution >= 4 is 23.7 Å². The molecule has 1 N–H and O–H groups in total. The minimum Gasteiger partial charge on any atom is -0.456 e. The number of Topliss-reactive ketones (excluding diaryl/α,β-unsaturated/α-hetero) is 1. The Balaban J connectivity index is 1.51. The van der Waals surface area contributed by atoms with Crippen LogP contribution in [0, 0.1) is 28.1 Å². The Morgan fingerprint density at radius 1 is 0.971 bits per heavy atom. The van der Waals surface area contributed by atoms with E-state index < -0.39 is 63.9 Å². The van der Waals surface area contributed by atoms with Gasteiger partial charge in [-0.1, -0.05) is 19.9 Å². The first-order valence-corrected chi connectivity index (χ1v) is 12.2. The fraction of sp³-hybridized carbons (Fsp3) is 0.692. The molecule has 0 aromatic heterocycles. The number of carbonyl (C=O) groups is 4. The molecule has 6 aliphatic rings. The number of allylic oxidation sites excluding steroid dienone is 1. The summed E-state index contributed by atoms with van der Waals surface area (Å²) >= 11 is 0. The molecule has 0 aromatic carbocycles. The maximum atomic E-state index is 14.2. The minimum atomic E-state index is -1.41. The molecule has 9 unspecified atom stereocenters. The van der Waals surface area contributed by atoms with Crippen LogP contribution in [-0.4, -0.2) is 58.5 Å². The van der Waals surface area contributed by atoms with E-state index in [1.54, 1.807) is 0 Å². The van der Waals surface area contributed by atoms with Gasteiger partial charge in [-0.05, 0) is 51.0 Å². The highest BCUT2D eigenvalue weighted by Crippen LogP contribution is 2.77. The molecule has 188 valence electrons. The van der Waals surface area contributed by atoms with E-state index in [2.05, 4.69) is 6.92 Å². The second kappa shape index (κ2) is 6.42. The number of ether oxygens (including phenoxy) is 4. The summed E-state index contributed by atoms with van der Waals surface area (Å²) in [6.45, 7) is 9.52. The van der Waals surface area contributed by atoms with E-state index in [9.17, 15) is 24.3 Å². The molecule has 0 radical (unpaired) electrons. The monoisotopic (exact) mass is 486 g/mol. The van der Waals surface area contributed by atoms with Crippen molar-refractivity contribution in [2.75, 3.05) is 0 Å². The topological polar surface area (TPSA) is 129 Å². The van der Waals surface area contributed by atoms with Gasteiger partial charge >= 0.3 is 17.9 Å². The molecule has 4 heterocycles. The zero-order valence-electron chi connectivity index (χ0n) is 20.5. The van der Waals surface area contributed by atoms with Gasteiger partial charge in [0, 0.05) is 23.8 Å². The van der Waals surface area contributed by atoms with Crippen LogP contribution in [0.4, 0.5) is 0 Å². The maximum Gasteiger partial charge on any atom is 0.340 e. The smallest absolute Gasteiger partial charge is 0.340 e. The lowest BCUT2D eigenvalue weighted by atomic mass is 9.37. The molecule has 0 amide bonds. The van der Waals surface area contributed by atoms with Crippen molar-refractivity contribution in [3.05, 3.63) is 23.8 Å². The lowest BCUT2D eigenvalue weighted by molar-refractivity contribution is -0.211. The number of hydrogen-bond acceptors (Lipinski definition) is 9. The molecule has 4 aliphatic heterocycles. The molecular weight excluding hydrogens is 456 g/mol. The minimum absolute atomic E-state index is 0.0470. The van der Waals surface area contributed by atoms with Crippen LogP contribution in [0.2, 0.25) is 0 Å². The van der Waals surface area contributed by atoms with Crippen LogP contribution in [0.1, 0.15) is 53.9 Å².